The second kappa shape index (κ2) is 63.8. The Balaban J connectivity index is 0.000000281. The van der Waals surface area contributed by atoms with Gasteiger partial charge in [0.25, 0.3) is 0 Å². The molecule has 7 aromatic rings. The van der Waals surface area contributed by atoms with Crippen LogP contribution in [0.3, 0.4) is 0 Å². The van der Waals surface area contributed by atoms with Crippen molar-refractivity contribution in [2.75, 3.05) is 86.3 Å². The van der Waals surface area contributed by atoms with E-state index >= 15 is 0 Å². The molecule has 2 saturated heterocycles. The molecule has 3 aliphatic carbocycles. The first-order valence-corrected chi connectivity index (χ1v) is 49.1. The first-order valence-electron chi connectivity index (χ1n) is 48.7. The van der Waals surface area contributed by atoms with E-state index in [2.05, 4.69) is 32.8 Å². The van der Waals surface area contributed by atoms with Gasteiger partial charge in [-0.1, -0.05) is 224 Å². The summed E-state index contributed by atoms with van der Waals surface area (Å²) in [5.41, 5.74) is 12.3. The fourth-order valence-electron chi connectivity index (χ4n) is 17.0. The van der Waals surface area contributed by atoms with Crippen molar-refractivity contribution < 1.29 is 90.7 Å². The van der Waals surface area contributed by atoms with E-state index in [1.165, 1.54) is 38.0 Å². The molecule has 6 atom stereocenters. The van der Waals surface area contributed by atoms with Gasteiger partial charge < -0.3 is 74.4 Å². The predicted octanol–water partition coefficient (Wildman–Crippen LogP) is 18.3. The first kappa shape index (κ1) is 114. The summed E-state index contributed by atoms with van der Waals surface area (Å²) in [6, 6.07) is 55.6. The number of halogens is 1. The van der Waals surface area contributed by atoms with Crippen molar-refractivity contribution in [1.29, 1.82) is 0 Å². The van der Waals surface area contributed by atoms with Crippen LogP contribution < -0.4 is 35.9 Å². The number of rotatable bonds is 37. The average molecular weight is 1910 g/mol. The molecule has 5 aliphatic rings. The third-order valence-electron chi connectivity index (χ3n) is 24.3. The SMILES string of the molecule is CC.CC.CC(=O)c1ccc(C)cc1.CC(=O)c1ccc(OC(=O)N2CCC(=O)N3[C@@H](C4CCCCC4)C(=O)N(CCc4ccccc4)C[C@H]23)cc1.CCOC(CN(CCc1ccccc1)C(=O)[C@@H](NC(=O)CCN)C1CCCCC1)OC.CCOC(CN(CCc1ccccc1)C(=O)[C@@H](NC(=O)CCNC(=O)Oc1ccc(C(C)=O)cc1)C1CCCCC1)OC.Cc1ccc(OC(=O)Cl)cc1. The number of aryl methyl sites for hydroxylation is 2. The second-order valence-corrected chi connectivity index (χ2v) is 34.3. The molecule has 137 heavy (non-hydrogen) atoms. The lowest BCUT2D eigenvalue weighted by molar-refractivity contribution is -0.171. The largest absolute Gasteiger partial charge is 0.416 e. The topological polar surface area (TPSA) is 348 Å². The highest BCUT2D eigenvalue weighted by molar-refractivity contribution is 6.61. The number of methoxy groups -OCH3 is 2. The number of piperazine rings is 1. The number of fused-ring (bicyclic) bond motifs is 1. The Hall–Kier alpha value is -11.5. The minimum absolute atomic E-state index is 0.00697. The van der Waals surface area contributed by atoms with Gasteiger partial charge in [0.1, 0.15) is 41.5 Å². The Kier molecular flexibility index (Phi) is 53.2. The number of ether oxygens (including phenoxy) is 7. The summed E-state index contributed by atoms with van der Waals surface area (Å²) in [7, 11) is 3.14. The summed E-state index contributed by atoms with van der Waals surface area (Å²) in [4.78, 5) is 159. The maximum atomic E-state index is 14.1. The number of hydrogen-bond acceptors (Lipinski definition) is 20. The van der Waals surface area contributed by atoms with Gasteiger partial charge in [-0.3, -0.25) is 48.1 Å². The predicted molar refractivity (Wildman–Crippen MR) is 533 cm³/mol. The van der Waals surface area contributed by atoms with Gasteiger partial charge >= 0.3 is 17.6 Å². The summed E-state index contributed by atoms with van der Waals surface area (Å²) in [5.74, 6) is 0.541. The van der Waals surface area contributed by atoms with E-state index in [0.717, 1.165) is 124 Å². The van der Waals surface area contributed by atoms with Crippen molar-refractivity contribution in [2.24, 2.45) is 23.5 Å². The molecule has 28 nitrogen and oxygen atoms in total. The number of ketones is 3. The number of carbonyl (C=O) groups is 12. The summed E-state index contributed by atoms with van der Waals surface area (Å²) in [6.45, 7) is 24.1. The number of nitrogens with one attached hydrogen (secondary N) is 3. The molecule has 2 heterocycles. The Labute approximate surface area is 816 Å². The number of carbonyl (C=O) groups excluding carboxylic acids is 12. The summed E-state index contributed by atoms with van der Waals surface area (Å²) in [5, 5.41) is 8.56. The third kappa shape index (κ3) is 40.2. The van der Waals surface area contributed by atoms with Crippen LogP contribution in [-0.2, 0) is 67.0 Å². The zero-order valence-corrected chi connectivity index (χ0v) is 83.4. The van der Waals surface area contributed by atoms with Gasteiger partial charge in [-0.25, -0.2) is 14.4 Å². The minimum atomic E-state index is -0.811. The number of hydrogen-bond donors (Lipinski definition) is 4. The van der Waals surface area contributed by atoms with E-state index in [-0.39, 0.29) is 128 Å². The van der Waals surface area contributed by atoms with Crippen LogP contribution in [0.1, 0.15) is 237 Å². The van der Waals surface area contributed by atoms with Crippen molar-refractivity contribution in [2.45, 2.75) is 248 Å². The molecule has 2 aliphatic heterocycles. The van der Waals surface area contributed by atoms with Crippen LogP contribution in [-0.4, -0.2) is 218 Å². The molecule has 0 spiro atoms. The zero-order valence-electron chi connectivity index (χ0n) is 82.7. The molecule has 746 valence electrons. The number of Topliss-reactive ketones (excluding diaryl/α,β-unsaturated/α-hetero) is 3. The fraction of sp³-hybridized carbons (Fsp3) is 0.500. The van der Waals surface area contributed by atoms with Crippen molar-refractivity contribution >= 4 is 82.0 Å². The Morgan fingerprint density at radius 1 is 0.482 bits per heavy atom. The highest BCUT2D eigenvalue weighted by Crippen LogP contribution is 2.37. The zero-order chi connectivity index (χ0) is 100.0. The smallest absolute Gasteiger partial charge is 0.415 e. The average Bonchev–Trinajstić information content (AvgIpc) is 0.746. The number of amides is 8. The quantitative estimate of drug-likeness (QED) is 0.0160. The van der Waals surface area contributed by atoms with E-state index in [1.54, 1.807) is 89.3 Å². The fourth-order valence-corrected chi connectivity index (χ4v) is 17.0. The van der Waals surface area contributed by atoms with E-state index < -0.39 is 54.5 Å². The molecule has 7 aromatic carbocycles. The molecule has 29 heteroatoms. The van der Waals surface area contributed by atoms with Crippen LogP contribution in [0.5, 0.6) is 17.2 Å². The standard InChI is InChI=1S/C33H45N3O7.C30H35N3O5.C24H39N3O4.C9H10O.C8H7ClO2.2C2H6/c1-4-42-30(41-3)23-36(22-20-25-11-7-5-8-12-25)32(39)31(27-13-9-6-10-14-27)35-29(38)19-21-34-33(40)43-28-17-15-26(16-18-28)24(2)37;1-21(34)23-12-14-25(15-13-23)38-30(37)32-19-17-27(35)33-26(32)20-31(18-16-22-8-4-2-5-9-22)29(36)28(33)24-10-6-3-7-11-24;1-3-31-22(30-2)18-27(17-15-19-10-6-4-7-11-19)24(29)23(26-21(28)14-16-25)20-12-8-5-9-13-20;1-7-3-5-9(6-4-7)8(2)10;1-6-2-4-7(5-3-6)11-8(9)10;2*1-2/h5,7-8,11-12,15-18,27,30-31H,4,6,9-10,13-14,19-23H2,1-3H3,(H,34,40)(H,35,38);2,4-5,8-9,12-15,24,26,28H,3,6-7,10-11,16-20H2,1H3;4,6-7,10-11,20,22-23H,3,5,8-9,12-18,25H2,1-2H3,(H,26,28);3-6H,1-2H3;2-5H,1H3;2*1-2H3/t30?,31-;26-,28+;22?,23-;;;;/m010..../s1. The monoisotopic (exact) mass is 1910 g/mol. The van der Waals surface area contributed by atoms with E-state index in [0.29, 0.717) is 74.9 Å². The molecule has 0 bridgehead atoms. The number of benzene rings is 7. The molecule has 12 rings (SSSR count). The molecule has 5 fully saturated rings. The van der Waals surface area contributed by atoms with Gasteiger partial charge in [-0.05, 0) is 201 Å². The van der Waals surface area contributed by atoms with Crippen LogP contribution in [0.4, 0.5) is 14.4 Å². The van der Waals surface area contributed by atoms with Crippen molar-refractivity contribution in [3.8, 4) is 17.2 Å². The third-order valence-corrected chi connectivity index (χ3v) is 24.3. The van der Waals surface area contributed by atoms with E-state index in [4.69, 9.17) is 45.8 Å². The maximum Gasteiger partial charge on any atom is 0.416 e. The van der Waals surface area contributed by atoms with Crippen molar-refractivity contribution in [1.82, 2.24) is 40.4 Å². The van der Waals surface area contributed by atoms with Crippen LogP contribution in [0, 0.1) is 31.6 Å². The molecular weight excluding hydrogens is 1760 g/mol. The second-order valence-electron chi connectivity index (χ2n) is 34.0. The van der Waals surface area contributed by atoms with E-state index in [9.17, 15) is 57.5 Å². The highest BCUT2D eigenvalue weighted by Gasteiger charge is 2.52. The summed E-state index contributed by atoms with van der Waals surface area (Å²) >= 11 is 4.99. The Morgan fingerprint density at radius 2 is 0.861 bits per heavy atom. The molecule has 3 saturated carbocycles. The van der Waals surface area contributed by atoms with Crippen molar-refractivity contribution in [3.63, 3.8) is 0 Å². The van der Waals surface area contributed by atoms with Crippen LogP contribution in [0.2, 0.25) is 0 Å². The molecule has 2 unspecified atom stereocenters. The normalized spacial score (nSPS) is 16.1. The van der Waals surface area contributed by atoms with Crippen molar-refractivity contribution in [3.05, 3.63) is 233 Å². The lowest BCUT2D eigenvalue weighted by Crippen LogP contribution is -2.73. The Morgan fingerprint density at radius 3 is 1.26 bits per heavy atom. The van der Waals surface area contributed by atoms with Gasteiger partial charge in [0, 0.05) is 114 Å². The lowest BCUT2D eigenvalue weighted by Gasteiger charge is -2.53. The minimum Gasteiger partial charge on any atom is -0.415 e. The number of nitrogens with two attached hydrogens (primary N) is 1. The van der Waals surface area contributed by atoms with Gasteiger partial charge in [-0.15, -0.1) is 0 Å². The molecule has 5 N–H and O–H groups in total. The summed E-state index contributed by atoms with van der Waals surface area (Å²) < 4.78 is 37.8. The summed E-state index contributed by atoms with van der Waals surface area (Å²) in [6.07, 6.45) is 14.7. The van der Waals surface area contributed by atoms with Gasteiger partial charge in [0.05, 0.1) is 19.6 Å². The highest BCUT2D eigenvalue weighted by atomic mass is 35.5. The van der Waals surface area contributed by atoms with Gasteiger partial charge in [0.2, 0.25) is 35.4 Å². The Bertz CT molecular complexity index is 4770. The molecule has 0 aromatic heterocycles. The van der Waals surface area contributed by atoms with Crippen LogP contribution in [0.15, 0.2) is 188 Å². The first-order chi connectivity index (χ1) is 66.2. The molecular formula is C108H148ClN9O19. The van der Waals surface area contributed by atoms with Crippen LogP contribution in [0.25, 0.3) is 0 Å². The number of nitrogens with zero attached hydrogens (tertiary/aromatic N) is 5. The molecule has 8 amide bonds. The van der Waals surface area contributed by atoms with Gasteiger partial charge in [0.15, 0.2) is 29.9 Å². The maximum absolute atomic E-state index is 14.1. The van der Waals surface area contributed by atoms with E-state index in [1.807, 2.05) is 176 Å². The van der Waals surface area contributed by atoms with Crippen LogP contribution >= 0.6 is 11.6 Å². The molecule has 0 radical (unpaired) electrons. The van der Waals surface area contributed by atoms with Gasteiger partial charge in [-0.2, -0.15) is 0 Å². The lowest BCUT2D eigenvalue weighted by atomic mass is 9.81.